The molecule has 0 saturated carbocycles. The first-order valence-corrected chi connectivity index (χ1v) is 14.7. The standard InChI is InChI=1S/C32H24Cl2N2O5S/c1-4-40-31(38)27-17(2)35-32-36(29(27)28-21-8-6-5-7-18(21)10-13-25(28)39-3)30(37)26(42-32)16-20-11-14-24(41-20)19-9-12-22(33)23(34)15-19/h5-16,29H,4H2,1-3H3/t29-/m0/s1. The van der Waals surface area contributed by atoms with Crippen molar-refractivity contribution in [2.45, 2.75) is 19.9 Å². The van der Waals surface area contributed by atoms with E-state index >= 15 is 0 Å². The molecule has 1 aliphatic rings. The number of carbonyl (C=O) groups is 1. The number of hydrogen-bond donors (Lipinski definition) is 0. The summed E-state index contributed by atoms with van der Waals surface area (Å²) in [5, 5.41) is 2.66. The van der Waals surface area contributed by atoms with Crippen LogP contribution in [0, 0.1) is 0 Å². The summed E-state index contributed by atoms with van der Waals surface area (Å²) in [5.41, 5.74) is 1.87. The molecule has 0 unspecified atom stereocenters. The second-order valence-corrected chi connectivity index (χ2v) is 11.4. The summed E-state index contributed by atoms with van der Waals surface area (Å²) >= 11 is 13.5. The van der Waals surface area contributed by atoms with Crippen molar-refractivity contribution in [3.8, 4) is 17.1 Å². The lowest BCUT2D eigenvalue weighted by Crippen LogP contribution is -2.40. The molecule has 7 nitrogen and oxygen atoms in total. The van der Waals surface area contributed by atoms with Gasteiger partial charge >= 0.3 is 5.97 Å². The van der Waals surface area contributed by atoms with Gasteiger partial charge in [0.15, 0.2) is 4.80 Å². The number of furan rings is 1. The van der Waals surface area contributed by atoms with Gasteiger partial charge in [-0.15, -0.1) is 0 Å². The first-order chi connectivity index (χ1) is 20.3. The van der Waals surface area contributed by atoms with Gasteiger partial charge in [0.05, 0.1) is 39.6 Å². The number of halogens is 2. The van der Waals surface area contributed by atoms with E-state index in [4.69, 9.17) is 37.1 Å². The number of methoxy groups -OCH3 is 1. The van der Waals surface area contributed by atoms with Crippen LogP contribution in [0.1, 0.15) is 31.2 Å². The highest BCUT2D eigenvalue weighted by Crippen LogP contribution is 2.40. The summed E-state index contributed by atoms with van der Waals surface area (Å²) in [4.78, 5) is 32.6. The first-order valence-electron chi connectivity index (χ1n) is 13.1. The molecule has 0 amide bonds. The molecule has 212 valence electrons. The van der Waals surface area contributed by atoms with Gasteiger partial charge in [-0.2, -0.15) is 0 Å². The molecular weight excluding hydrogens is 595 g/mol. The zero-order valence-electron chi connectivity index (χ0n) is 22.8. The van der Waals surface area contributed by atoms with E-state index in [2.05, 4.69) is 4.99 Å². The second kappa shape index (κ2) is 11.3. The minimum absolute atomic E-state index is 0.180. The van der Waals surface area contributed by atoms with Gasteiger partial charge in [0.2, 0.25) is 0 Å². The molecule has 3 aromatic carbocycles. The van der Waals surface area contributed by atoms with Crippen LogP contribution in [0.5, 0.6) is 5.75 Å². The Bertz CT molecular complexity index is 2090. The van der Waals surface area contributed by atoms with E-state index in [1.165, 1.54) is 11.3 Å². The minimum Gasteiger partial charge on any atom is -0.496 e. The van der Waals surface area contributed by atoms with Gasteiger partial charge in [0.1, 0.15) is 23.3 Å². The van der Waals surface area contributed by atoms with Gasteiger partial charge in [-0.3, -0.25) is 9.36 Å². The van der Waals surface area contributed by atoms with Crippen LogP contribution < -0.4 is 19.6 Å². The number of esters is 1. The third kappa shape index (κ3) is 4.85. The highest BCUT2D eigenvalue weighted by atomic mass is 35.5. The molecule has 0 saturated heterocycles. The average molecular weight is 620 g/mol. The molecule has 6 rings (SSSR count). The van der Waals surface area contributed by atoms with E-state index in [0.29, 0.717) is 47.9 Å². The van der Waals surface area contributed by atoms with Crippen LogP contribution in [-0.2, 0) is 9.53 Å². The van der Waals surface area contributed by atoms with Crippen LogP contribution in [-0.4, -0.2) is 24.3 Å². The Kier molecular flexibility index (Phi) is 7.53. The van der Waals surface area contributed by atoms with Gasteiger partial charge in [0, 0.05) is 17.2 Å². The number of rotatable bonds is 6. The van der Waals surface area contributed by atoms with Gasteiger partial charge in [0.25, 0.3) is 5.56 Å². The Morgan fingerprint density at radius 2 is 1.90 bits per heavy atom. The predicted octanol–water partition coefficient (Wildman–Crippen LogP) is 6.53. The van der Waals surface area contributed by atoms with Crippen molar-refractivity contribution in [2.75, 3.05) is 13.7 Å². The Hall–Kier alpha value is -4.11. The quantitative estimate of drug-likeness (QED) is 0.202. The highest BCUT2D eigenvalue weighted by molar-refractivity contribution is 7.07. The summed E-state index contributed by atoms with van der Waals surface area (Å²) in [6.07, 6.45) is 1.67. The molecule has 1 aliphatic heterocycles. The zero-order chi connectivity index (χ0) is 29.5. The smallest absolute Gasteiger partial charge is 0.338 e. The molecule has 5 aromatic rings. The van der Waals surface area contributed by atoms with Crippen molar-refractivity contribution in [3.05, 3.63) is 119 Å². The lowest BCUT2D eigenvalue weighted by molar-refractivity contribution is -0.139. The molecule has 0 spiro atoms. The topological polar surface area (TPSA) is 83.0 Å². The predicted molar refractivity (Wildman–Crippen MR) is 165 cm³/mol. The van der Waals surface area contributed by atoms with Crippen LogP contribution in [0.3, 0.4) is 0 Å². The molecule has 3 heterocycles. The fourth-order valence-corrected chi connectivity index (χ4v) is 6.49. The number of hydrogen-bond acceptors (Lipinski definition) is 7. The van der Waals surface area contributed by atoms with Gasteiger partial charge in [-0.05, 0) is 61.0 Å². The monoisotopic (exact) mass is 618 g/mol. The molecule has 10 heteroatoms. The van der Waals surface area contributed by atoms with Crippen molar-refractivity contribution in [1.29, 1.82) is 0 Å². The maximum atomic E-state index is 14.1. The normalized spacial score (nSPS) is 15.1. The lowest BCUT2D eigenvalue weighted by Gasteiger charge is -2.27. The van der Waals surface area contributed by atoms with Crippen LogP contribution in [0.25, 0.3) is 28.2 Å². The minimum atomic E-state index is -0.827. The average Bonchev–Trinajstić information content (AvgIpc) is 3.57. The van der Waals surface area contributed by atoms with E-state index in [9.17, 15) is 9.59 Å². The Morgan fingerprint density at radius 3 is 2.67 bits per heavy atom. The number of ether oxygens (including phenoxy) is 2. The van der Waals surface area contributed by atoms with Crippen molar-refractivity contribution < 1.29 is 18.7 Å². The van der Waals surface area contributed by atoms with Crippen molar-refractivity contribution in [1.82, 2.24) is 4.57 Å². The highest BCUT2D eigenvalue weighted by Gasteiger charge is 2.36. The summed E-state index contributed by atoms with van der Waals surface area (Å²) in [5.74, 6) is 1.06. The number of fused-ring (bicyclic) bond motifs is 2. The summed E-state index contributed by atoms with van der Waals surface area (Å²) in [6, 6.07) is 19.6. The van der Waals surface area contributed by atoms with Gasteiger partial charge in [-0.1, -0.05) is 64.9 Å². The third-order valence-electron chi connectivity index (χ3n) is 7.05. The Labute approximate surface area is 254 Å². The van der Waals surface area contributed by atoms with E-state index in [0.717, 1.165) is 16.3 Å². The first kappa shape index (κ1) is 28.0. The molecule has 0 aliphatic carbocycles. The number of aromatic nitrogens is 1. The molecule has 42 heavy (non-hydrogen) atoms. The van der Waals surface area contributed by atoms with Crippen LogP contribution in [0.2, 0.25) is 10.0 Å². The molecule has 2 aromatic heterocycles. The van der Waals surface area contributed by atoms with Crippen molar-refractivity contribution >= 4 is 57.4 Å². The summed E-state index contributed by atoms with van der Waals surface area (Å²) in [7, 11) is 1.57. The fraction of sp³-hybridized carbons (Fsp3) is 0.156. The number of thiazole rings is 1. The second-order valence-electron chi connectivity index (χ2n) is 9.54. The number of nitrogens with zero attached hydrogens (tertiary/aromatic N) is 2. The Morgan fingerprint density at radius 1 is 1.10 bits per heavy atom. The number of benzene rings is 3. The lowest BCUT2D eigenvalue weighted by atomic mass is 9.90. The van der Waals surface area contributed by atoms with E-state index < -0.39 is 12.0 Å². The molecular formula is C32H24Cl2N2O5S. The van der Waals surface area contributed by atoms with Gasteiger partial charge < -0.3 is 13.9 Å². The largest absolute Gasteiger partial charge is 0.496 e. The maximum absolute atomic E-state index is 14.1. The van der Waals surface area contributed by atoms with E-state index in [1.54, 1.807) is 55.9 Å². The maximum Gasteiger partial charge on any atom is 0.338 e. The van der Waals surface area contributed by atoms with Crippen LogP contribution >= 0.6 is 34.5 Å². The zero-order valence-corrected chi connectivity index (χ0v) is 25.1. The third-order valence-corrected chi connectivity index (χ3v) is 8.77. The van der Waals surface area contributed by atoms with Crippen molar-refractivity contribution in [3.63, 3.8) is 0 Å². The molecule has 0 fully saturated rings. The molecule has 0 N–H and O–H groups in total. The van der Waals surface area contributed by atoms with E-state index in [1.807, 2.05) is 42.5 Å². The summed E-state index contributed by atoms with van der Waals surface area (Å²) in [6.45, 7) is 3.68. The van der Waals surface area contributed by atoms with Crippen molar-refractivity contribution in [2.24, 2.45) is 4.99 Å². The molecule has 0 radical (unpaired) electrons. The molecule has 0 bridgehead atoms. The SMILES string of the molecule is CCOC(=O)C1=C(C)N=c2sc(=Cc3ccc(-c4ccc(Cl)c(Cl)c4)o3)c(=O)n2[C@@H]1c1c(OC)ccc2ccccc12. The number of carbonyl (C=O) groups excluding carboxylic acids is 1. The van der Waals surface area contributed by atoms with E-state index in [-0.39, 0.29) is 17.7 Å². The van der Waals surface area contributed by atoms with Crippen LogP contribution in [0.4, 0.5) is 0 Å². The Balaban J connectivity index is 1.56. The molecule has 1 atom stereocenters. The fourth-order valence-electron chi connectivity index (χ4n) is 5.16. The van der Waals surface area contributed by atoms with Gasteiger partial charge in [-0.25, -0.2) is 9.79 Å². The van der Waals surface area contributed by atoms with Crippen LogP contribution in [0.15, 0.2) is 92.2 Å². The number of allylic oxidation sites excluding steroid dienone is 1. The summed E-state index contributed by atoms with van der Waals surface area (Å²) < 4.78 is 19.2.